The highest BCUT2D eigenvalue weighted by atomic mass is 35.5. The van der Waals surface area contributed by atoms with Gasteiger partial charge in [0.15, 0.2) is 0 Å². The third-order valence-electron chi connectivity index (χ3n) is 3.11. The number of carboxylic acids is 1. The van der Waals surface area contributed by atoms with Gasteiger partial charge in [-0.25, -0.2) is 0 Å². The van der Waals surface area contributed by atoms with Gasteiger partial charge in [-0.1, -0.05) is 30.7 Å². The van der Waals surface area contributed by atoms with Crippen molar-refractivity contribution in [3.8, 4) is 0 Å². The molecule has 1 aromatic carbocycles. The predicted molar refractivity (Wildman–Crippen MR) is 69.3 cm³/mol. The molecule has 94 valence electrons. The van der Waals surface area contributed by atoms with E-state index in [4.69, 9.17) is 16.7 Å². The predicted octanol–water partition coefficient (Wildman–Crippen LogP) is 3.20. The van der Waals surface area contributed by atoms with Crippen molar-refractivity contribution < 1.29 is 9.90 Å². The van der Waals surface area contributed by atoms with Gasteiger partial charge in [-0.05, 0) is 38.1 Å². The van der Waals surface area contributed by atoms with Gasteiger partial charge in [0.1, 0.15) is 6.04 Å². The smallest absolute Gasteiger partial charge is 0.320 e. The molecule has 1 N–H and O–H groups in total. The van der Waals surface area contributed by atoms with Crippen LogP contribution in [0, 0.1) is 0 Å². The molecular weight excluding hydrogens is 238 g/mol. The fourth-order valence-electron chi connectivity index (χ4n) is 1.91. The SMILES string of the molecule is CCC(C(=O)O)N(C)C(C)c1cccc(Cl)c1. The summed E-state index contributed by atoms with van der Waals surface area (Å²) in [6, 6.07) is 7.08. The Kier molecular flexibility index (Phi) is 4.97. The molecule has 0 aromatic heterocycles. The molecule has 0 saturated carbocycles. The van der Waals surface area contributed by atoms with Gasteiger partial charge >= 0.3 is 5.97 Å². The summed E-state index contributed by atoms with van der Waals surface area (Å²) in [7, 11) is 1.83. The van der Waals surface area contributed by atoms with E-state index in [9.17, 15) is 4.79 Å². The summed E-state index contributed by atoms with van der Waals surface area (Å²) in [5.41, 5.74) is 1.03. The van der Waals surface area contributed by atoms with Crippen molar-refractivity contribution in [3.05, 3.63) is 34.9 Å². The van der Waals surface area contributed by atoms with Gasteiger partial charge in [0.05, 0.1) is 0 Å². The van der Waals surface area contributed by atoms with E-state index < -0.39 is 12.0 Å². The summed E-state index contributed by atoms with van der Waals surface area (Å²) in [6.45, 7) is 3.86. The van der Waals surface area contributed by atoms with Crippen LogP contribution in [0.15, 0.2) is 24.3 Å². The minimum atomic E-state index is -0.788. The normalized spacial score (nSPS) is 14.6. The Morgan fingerprint density at radius 1 is 1.53 bits per heavy atom. The number of aliphatic carboxylic acids is 1. The lowest BCUT2D eigenvalue weighted by Gasteiger charge is -2.30. The van der Waals surface area contributed by atoms with Crippen LogP contribution in [-0.4, -0.2) is 29.1 Å². The first-order valence-electron chi connectivity index (χ1n) is 5.67. The zero-order chi connectivity index (χ0) is 13.0. The summed E-state index contributed by atoms with van der Waals surface area (Å²) >= 11 is 5.93. The van der Waals surface area contributed by atoms with Crippen LogP contribution in [0.2, 0.25) is 5.02 Å². The van der Waals surface area contributed by atoms with E-state index in [0.717, 1.165) is 5.56 Å². The highest BCUT2D eigenvalue weighted by molar-refractivity contribution is 6.30. The summed E-state index contributed by atoms with van der Waals surface area (Å²) in [5, 5.41) is 9.80. The van der Waals surface area contributed by atoms with Crippen LogP contribution in [0.3, 0.4) is 0 Å². The number of likely N-dealkylation sites (N-methyl/N-ethyl adjacent to an activating group) is 1. The number of hydrogen-bond donors (Lipinski definition) is 1. The molecule has 0 amide bonds. The second-order valence-electron chi connectivity index (χ2n) is 4.16. The van der Waals surface area contributed by atoms with Crippen molar-refractivity contribution in [1.29, 1.82) is 0 Å². The summed E-state index contributed by atoms with van der Waals surface area (Å²) in [6.07, 6.45) is 0.580. The van der Waals surface area contributed by atoms with E-state index in [1.807, 2.05) is 50.1 Å². The highest BCUT2D eigenvalue weighted by Crippen LogP contribution is 2.24. The van der Waals surface area contributed by atoms with Crippen molar-refractivity contribution >= 4 is 17.6 Å². The molecule has 0 radical (unpaired) electrons. The molecule has 17 heavy (non-hydrogen) atoms. The van der Waals surface area contributed by atoms with Crippen LogP contribution in [0.4, 0.5) is 0 Å². The van der Waals surface area contributed by atoms with Crippen molar-refractivity contribution in [1.82, 2.24) is 4.90 Å². The molecule has 0 heterocycles. The number of nitrogens with zero attached hydrogens (tertiary/aromatic N) is 1. The highest BCUT2D eigenvalue weighted by Gasteiger charge is 2.25. The molecule has 0 aliphatic carbocycles. The van der Waals surface area contributed by atoms with Crippen LogP contribution in [-0.2, 0) is 4.79 Å². The van der Waals surface area contributed by atoms with E-state index in [1.54, 1.807) is 0 Å². The third-order valence-corrected chi connectivity index (χ3v) is 3.34. The van der Waals surface area contributed by atoms with Gasteiger partial charge in [0.2, 0.25) is 0 Å². The molecule has 1 aromatic rings. The van der Waals surface area contributed by atoms with E-state index in [1.165, 1.54) is 0 Å². The van der Waals surface area contributed by atoms with Gasteiger partial charge < -0.3 is 5.11 Å². The van der Waals surface area contributed by atoms with Crippen LogP contribution in [0.5, 0.6) is 0 Å². The van der Waals surface area contributed by atoms with Crippen molar-refractivity contribution in [2.45, 2.75) is 32.4 Å². The summed E-state index contributed by atoms with van der Waals surface area (Å²) < 4.78 is 0. The average molecular weight is 256 g/mol. The number of carboxylic acid groups (broad SMARTS) is 1. The zero-order valence-electron chi connectivity index (χ0n) is 10.4. The second-order valence-corrected chi connectivity index (χ2v) is 4.60. The summed E-state index contributed by atoms with van der Waals surface area (Å²) in [5.74, 6) is -0.788. The Balaban J connectivity index is 2.88. The van der Waals surface area contributed by atoms with E-state index in [-0.39, 0.29) is 6.04 Å². The fourth-order valence-corrected chi connectivity index (χ4v) is 2.11. The van der Waals surface area contributed by atoms with Gasteiger partial charge in [0, 0.05) is 11.1 Å². The first kappa shape index (κ1) is 14.0. The lowest BCUT2D eigenvalue weighted by Crippen LogP contribution is -2.39. The average Bonchev–Trinajstić information content (AvgIpc) is 2.28. The minimum Gasteiger partial charge on any atom is -0.480 e. The largest absolute Gasteiger partial charge is 0.480 e. The van der Waals surface area contributed by atoms with E-state index >= 15 is 0 Å². The Morgan fingerprint density at radius 2 is 2.18 bits per heavy atom. The Labute approximate surface area is 107 Å². The Bertz CT molecular complexity index is 395. The van der Waals surface area contributed by atoms with Gasteiger partial charge in [-0.2, -0.15) is 0 Å². The topological polar surface area (TPSA) is 40.5 Å². The number of hydrogen-bond acceptors (Lipinski definition) is 2. The Morgan fingerprint density at radius 3 is 2.65 bits per heavy atom. The number of benzene rings is 1. The van der Waals surface area contributed by atoms with Crippen LogP contribution >= 0.6 is 11.6 Å². The second kappa shape index (κ2) is 6.03. The molecule has 4 heteroatoms. The number of halogens is 1. The molecular formula is C13H18ClNO2. The van der Waals surface area contributed by atoms with Crippen molar-refractivity contribution in [2.24, 2.45) is 0 Å². The molecule has 0 aliphatic heterocycles. The standard InChI is InChI=1S/C13H18ClNO2/c1-4-12(13(16)17)15(3)9(2)10-6-5-7-11(14)8-10/h5-9,12H,4H2,1-3H3,(H,16,17). The number of rotatable bonds is 5. The molecule has 0 spiro atoms. The van der Waals surface area contributed by atoms with Gasteiger partial charge in [-0.15, -0.1) is 0 Å². The first-order valence-corrected chi connectivity index (χ1v) is 6.05. The maximum atomic E-state index is 11.1. The molecule has 0 aliphatic rings. The Hall–Kier alpha value is -1.06. The van der Waals surface area contributed by atoms with E-state index in [0.29, 0.717) is 11.4 Å². The lowest BCUT2D eigenvalue weighted by atomic mass is 10.0. The molecule has 0 fully saturated rings. The van der Waals surface area contributed by atoms with Crippen molar-refractivity contribution in [2.75, 3.05) is 7.05 Å². The maximum Gasteiger partial charge on any atom is 0.320 e. The quantitative estimate of drug-likeness (QED) is 0.878. The molecule has 2 atom stereocenters. The molecule has 1 rings (SSSR count). The lowest BCUT2D eigenvalue weighted by molar-refractivity contribution is -0.143. The fraction of sp³-hybridized carbons (Fsp3) is 0.462. The van der Waals surface area contributed by atoms with Crippen LogP contribution in [0.25, 0.3) is 0 Å². The zero-order valence-corrected chi connectivity index (χ0v) is 11.1. The molecule has 0 saturated heterocycles. The van der Waals surface area contributed by atoms with Gasteiger partial charge in [-0.3, -0.25) is 9.69 Å². The minimum absolute atomic E-state index is 0.0229. The molecule has 3 nitrogen and oxygen atoms in total. The summed E-state index contributed by atoms with van der Waals surface area (Å²) in [4.78, 5) is 13.0. The molecule has 0 bridgehead atoms. The van der Waals surface area contributed by atoms with Crippen LogP contribution < -0.4 is 0 Å². The van der Waals surface area contributed by atoms with Crippen molar-refractivity contribution in [3.63, 3.8) is 0 Å². The third kappa shape index (κ3) is 3.45. The molecule has 2 unspecified atom stereocenters. The number of carbonyl (C=O) groups is 1. The van der Waals surface area contributed by atoms with Gasteiger partial charge in [0.25, 0.3) is 0 Å². The van der Waals surface area contributed by atoms with E-state index in [2.05, 4.69) is 0 Å². The van der Waals surface area contributed by atoms with Crippen LogP contribution in [0.1, 0.15) is 31.9 Å². The maximum absolute atomic E-state index is 11.1. The monoisotopic (exact) mass is 255 g/mol. The first-order chi connectivity index (χ1) is 7.97.